The van der Waals surface area contributed by atoms with Gasteiger partial charge in [-0.2, -0.15) is 11.8 Å². The van der Waals surface area contributed by atoms with E-state index in [0.29, 0.717) is 5.92 Å². The highest BCUT2D eigenvalue weighted by atomic mass is 32.2. The van der Waals surface area contributed by atoms with Gasteiger partial charge in [0, 0.05) is 0 Å². The average Bonchev–Trinajstić information content (AvgIpc) is 2.51. The molecule has 0 saturated carbocycles. The third-order valence-corrected chi connectivity index (χ3v) is 3.14. The molecule has 2 N–H and O–H groups in total. The average molecular weight is 199 g/mol. The second-order valence-electron chi connectivity index (χ2n) is 3.37. The van der Waals surface area contributed by atoms with E-state index < -0.39 is 0 Å². The van der Waals surface area contributed by atoms with Crippen LogP contribution in [0.3, 0.4) is 0 Å². The van der Waals surface area contributed by atoms with E-state index in [1.807, 2.05) is 30.8 Å². The zero-order chi connectivity index (χ0) is 9.68. The van der Waals surface area contributed by atoms with Crippen LogP contribution < -0.4 is 5.73 Å². The van der Waals surface area contributed by atoms with Crippen molar-refractivity contribution < 1.29 is 4.42 Å². The molecular weight excluding hydrogens is 182 g/mol. The van der Waals surface area contributed by atoms with E-state index in [1.165, 1.54) is 0 Å². The van der Waals surface area contributed by atoms with Crippen LogP contribution in [0.25, 0.3) is 0 Å². The van der Waals surface area contributed by atoms with Gasteiger partial charge in [0.05, 0.1) is 5.75 Å². The maximum atomic E-state index is 5.52. The minimum atomic E-state index is 0.598. The summed E-state index contributed by atoms with van der Waals surface area (Å²) in [5.74, 6) is 4.71. The number of hydrogen-bond acceptors (Lipinski definition) is 3. The predicted molar refractivity (Wildman–Crippen MR) is 57.8 cm³/mol. The van der Waals surface area contributed by atoms with E-state index in [2.05, 4.69) is 6.92 Å². The Labute approximate surface area is 83.9 Å². The third kappa shape index (κ3) is 3.87. The maximum absolute atomic E-state index is 5.52. The van der Waals surface area contributed by atoms with Crippen LogP contribution in [-0.2, 0) is 5.75 Å². The highest BCUT2D eigenvalue weighted by Crippen LogP contribution is 2.16. The van der Waals surface area contributed by atoms with Crippen LogP contribution in [0.2, 0.25) is 0 Å². The number of aryl methyl sites for hydroxylation is 1. The van der Waals surface area contributed by atoms with Gasteiger partial charge in [-0.15, -0.1) is 0 Å². The Morgan fingerprint density at radius 3 is 2.85 bits per heavy atom. The molecule has 1 aromatic heterocycles. The molecule has 1 atom stereocenters. The van der Waals surface area contributed by atoms with E-state index in [0.717, 1.165) is 29.6 Å². The molecule has 74 valence electrons. The van der Waals surface area contributed by atoms with Crippen LogP contribution in [0.4, 0.5) is 0 Å². The summed E-state index contributed by atoms with van der Waals surface area (Å²) in [4.78, 5) is 0. The molecule has 0 aliphatic heterocycles. The standard InChI is InChI=1S/C10H17NOS/c1-8(5-11)6-13-7-10-4-3-9(2)12-10/h3-4,8H,5-7,11H2,1-2H3. The van der Waals surface area contributed by atoms with Crippen molar-refractivity contribution in [2.45, 2.75) is 19.6 Å². The van der Waals surface area contributed by atoms with Crippen molar-refractivity contribution in [1.29, 1.82) is 0 Å². The molecule has 1 unspecified atom stereocenters. The first-order chi connectivity index (χ1) is 6.22. The molecule has 1 heterocycles. The highest BCUT2D eigenvalue weighted by Gasteiger charge is 2.01. The maximum Gasteiger partial charge on any atom is 0.114 e. The Balaban J connectivity index is 2.20. The molecule has 2 nitrogen and oxygen atoms in total. The first-order valence-corrected chi connectivity index (χ1v) is 5.71. The lowest BCUT2D eigenvalue weighted by Crippen LogP contribution is -2.12. The van der Waals surface area contributed by atoms with Crippen molar-refractivity contribution in [2.75, 3.05) is 12.3 Å². The smallest absolute Gasteiger partial charge is 0.114 e. The molecule has 0 saturated heterocycles. The van der Waals surface area contributed by atoms with Gasteiger partial charge in [-0.1, -0.05) is 6.92 Å². The first kappa shape index (κ1) is 10.7. The molecule has 0 bridgehead atoms. The largest absolute Gasteiger partial charge is 0.466 e. The minimum Gasteiger partial charge on any atom is -0.466 e. The van der Waals surface area contributed by atoms with Gasteiger partial charge in [-0.05, 0) is 37.3 Å². The molecule has 0 spiro atoms. The minimum absolute atomic E-state index is 0.598. The SMILES string of the molecule is Cc1ccc(CSCC(C)CN)o1. The fourth-order valence-corrected chi connectivity index (χ4v) is 2.00. The molecule has 3 heteroatoms. The van der Waals surface area contributed by atoms with Gasteiger partial charge in [-0.25, -0.2) is 0 Å². The summed E-state index contributed by atoms with van der Waals surface area (Å²) in [7, 11) is 0. The van der Waals surface area contributed by atoms with Crippen molar-refractivity contribution in [2.24, 2.45) is 11.7 Å². The summed E-state index contributed by atoms with van der Waals surface area (Å²) in [5, 5.41) is 0. The van der Waals surface area contributed by atoms with Crippen LogP contribution >= 0.6 is 11.8 Å². The zero-order valence-electron chi connectivity index (χ0n) is 8.25. The third-order valence-electron chi connectivity index (χ3n) is 1.85. The van der Waals surface area contributed by atoms with Crippen molar-refractivity contribution >= 4 is 11.8 Å². The van der Waals surface area contributed by atoms with Crippen LogP contribution in [0, 0.1) is 12.8 Å². The Hall–Kier alpha value is -0.410. The van der Waals surface area contributed by atoms with E-state index in [4.69, 9.17) is 10.2 Å². The fourth-order valence-electron chi connectivity index (χ4n) is 0.991. The zero-order valence-corrected chi connectivity index (χ0v) is 9.06. The lowest BCUT2D eigenvalue weighted by molar-refractivity contribution is 0.501. The number of nitrogens with two attached hydrogens (primary N) is 1. The highest BCUT2D eigenvalue weighted by molar-refractivity contribution is 7.98. The Bertz CT molecular complexity index is 247. The quantitative estimate of drug-likeness (QED) is 0.791. The topological polar surface area (TPSA) is 39.2 Å². The summed E-state index contributed by atoms with van der Waals surface area (Å²) in [6.45, 7) is 4.90. The van der Waals surface area contributed by atoms with Crippen molar-refractivity contribution in [1.82, 2.24) is 0 Å². The monoisotopic (exact) mass is 199 g/mol. The van der Waals surface area contributed by atoms with Gasteiger partial charge in [0.1, 0.15) is 11.5 Å². The first-order valence-electron chi connectivity index (χ1n) is 4.55. The molecule has 0 fully saturated rings. The fraction of sp³-hybridized carbons (Fsp3) is 0.600. The van der Waals surface area contributed by atoms with Crippen LogP contribution in [0.5, 0.6) is 0 Å². The summed E-state index contributed by atoms with van der Waals surface area (Å²) in [6, 6.07) is 4.04. The van der Waals surface area contributed by atoms with E-state index in [1.54, 1.807) is 0 Å². The molecule has 0 aromatic carbocycles. The molecule has 0 aliphatic carbocycles. The summed E-state index contributed by atoms with van der Waals surface area (Å²) in [6.07, 6.45) is 0. The van der Waals surface area contributed by atoms with Gasteiger partial charge in [-0.3, -0.25) is 0 Å². The predicted octanol–water partition coefficient (Wildman–Crippen LogP) is 2.42. The van der Waals surface area contributed by atoms with Crippen LogP contribution in [-0.4, -0.2) is 12.3 Å². The van der Waals surface area contributed by atoms with Crippen LogP contribution in [0.1, 0.15) is 18.4 Å². The lowest BCUT2D eigenvalue weighted by atomic mass is 10.2. The Kier molecular flexibility index (Phi) is 4.39. The van der Waals surface area contributed by atoms with Crippen molar-refractivity contribution in [3.63, 3.8) is 0 Å². The number of thioether (sulfide) groups is 1. The normalized spacial score (nSPS) is 13.2. The number of furan rings is 1. The molecule has 1 rings (SSSR count). The van der Waals surface area contributed by atoms with Crippen molar-refractivity contribution in [3.05, 3.63) is 23.7 Å². The number of hydrogen-bond donors (Lipinski definition) is 1. The van der Waals surface area contributed by atoms with Gasteiger partial charge in [0.15, 0.2) is 0 Å². The second kappa shape index (κ2) is 5.35. The van der Waals surface area contributed by atoms with Gasteiger partial charge in [0.2, 0.25) is 0 Å². The molecular formula is C10H17NOS. The molecule has 13 heavy (non-hydrogen) atoms. The molecule has 0 aliphatic rings. The molecule has 0 radical (unpaired) electrons. The summed E-state index contributed by atoms with van der Waals surface area (Å²) >= 11 is 1.88. The van der Waals surface area contributed by atoms with Crippen LogP contribution in [0.15, 0.2) is 16.5 Å². The Morgan fingerprint density at radius 2 is 2.31 bits per heavy atom. The second-order valence-corrected chi connectivity index (χ2v) is 4.40. The molecule has 0 amide bonds. The summed E-state index contributed by atoms with van der Waals surface area (Å²) < 4.78 is 5.45. The van der Waals surface area contributed by atoms with E-state index >= 15 is 0 Å². The van der Waals surface area contributed by atoms with Gasteiger partial charge >= 0.3 is 0 Å². The van der Waals surface area contributed by atoms with Gasteiger partial charge < -0.3 is 10.2 Å². The van der Waals surface area contributed by atoms with E-state index in [9.17, 15) is 0 Å². The van der Waals surface area contributed by atoms with Crippen molar-refractivity contribution in [3.8, 4) is 0 Å². The Morgan fingerprint density at radius 1 is 1.54 bits per heavy atom. The number of rotatable bonds is 5. The van der Waals surface area contributed by atoms with Gasteiger partial charge in [0.25, 0.3) is 0 Å². The summed E-state index contributed by atoms with van der Waals surface area (Å²) in [5.41, 5.74) is 5.52. The molecule has 1 aromatic rings. The lowest BCUT2D eigenvalue weighted by Gasteiger charge is -2.05. The van der Waals surface area contributed by atoms with E-state index in [-0.39, 0.29) is 0 Å².